The third-order valence-corrected chi connectivity index (χ3v) is 3.85. The Balaban J connectivity index is 1.75. The summed E-state index contributed by atoms with van der Waals surface area (Å²) >= 11 is 0. The molecule has 2 aromatic rings. The third-order valence-electron chi connectivity index (χ3n) is 3.85. The zero-order valence-electron chi connectivity index (χ0n) is 11.1. The molecule has 0 radical (unpaired) electrons. The van der Waals surface area contributed by atoms with Crippen molar-refractivity contribution in [3.63, 3.8) is 0 Å². The third kappa shape index (κ3) is 2.30. The van der Waals surface area contributed by atoms with Gasteiger partial charge in [0.05, 0.1) is 5.56 Å². The van der Waals surface area contributed by atoms with Gasteiger partial charge in [-0.05, 0) is 37.0 Å². The van der Waals surface area contributed by atoms with E-state index in [2.05, 4.69) is 17.2 Å². The molecule has 0 spiro atoms. The normalized spacial score (nSPS) is 21.5. The second kappa shape index (κ2) is 4.61. The number of benzene rings is 1. The summed E-state index contributed by atoms with van der Waals surface area (Å²) in [6.07, 6.45) is 5.27. The van der Waals surface area contributed by atoms with Crippen LogP contribution in [-0.4, -0.2) is 16.9 Å². The molecule has 19 heavy (non-hydrogen) atoms. The number of hydrogen-bond acceptors (Lipinski definition) is 2. The topological polar surface area (TPSA) is 70.9 Å². The molecule has 4 heteroatoms. The first-order valence-corrected chi connectivity index (χ1v) is 6.86. The van der Waals surface area contributed by atoms with Crippen LogP contribution in [0, 0.1) is 5.92 Å². The van der Waals surface area contributed by atoms with Gasteiger partial charge >= 0.3 is 0 Å². The number of H-pyrrole nitrogens is 1. The first kappa shape index (κ1) is 12.1. The van der Waals surface area contributed by atoms with Gasteiger partial charge in [-0.15, -0.1) is 0 Å². The van der Waals surface area contributed by atoms with Gasteiger partial charge in [-0.3, -0.25) is 4.79 Å². The van der Waals surface area contributed by atoms with Crippen molar-refractivity contribution >= 4 is 22.5 Å². The van der Waals surface area contributed by atoms with Crippen molar-refractivity contribution in [3.05, 3.63) is 30.0 Å². The Hall–Kier alpha value is -1.97. The van der Waals surface area contributed by atoms with Crippen molar-refractivity contribution < 1.29 is 4.79 Å². The van der Waals surface area contributed by atoms with Gasteiger partial charge in [0, 0.05) is 28.8 Å². The van der Waals surface area contributed by atoms with E-state index in [0.717, 1.165) is 17.3 Å². The molecule has 100 valence electrons. The summed E-state index contributed by atoms with van der Waals surface area (Å²) in [5, 5.41) is 4.04. The maximum atomic E-state index is 12.2. The number of aromatic amines is 1. The number of amides is 1. The minimum atomic E-state index is 0.0135. The van der Waals surface area contributed by atoms with Gasteiger partial charge in [-0.2, -0.15) is 0 Å². The molecule has 1 aromatic carbocycles. The fourth-order valence-electron chi connectivity index (χ4n) is 2.69. The molecule has 4 nitrogen and oxygen atoms in total. The van der Waals surface area contributed by atoms with E-state index in [-0.39, 0.29) is 5.91 Å². The van der Waals surface area contributed by atoms with E-state index < -0.39 is 0 Å². The zero-order chi connectivity index (χ0) is 13.4. The Kier molecular flexibility index (Phi) is 2.93. The second-order valence-electron chi connectivity index (χ2n) is 5.37. The van der Waals surface area contributed by atoms with Crippen molar-refractivity contribution in [2.24, 2.45) is 5.92 Å². The summed E-state index contributed by atoms with van der Waals surface area (Å²) in [5.41, 5.74) is 8.05. The largest absolute Gasteiger partial charge is 0.399 e. The van der Waals surface area contributed by atoms with E-state index in [4.69, 9.17) is 5.73 Å². The number of nitrogens with two attached hydrogens (primary N) is 1. The summed E-state index contributed by atoms with van der Waals surface area (Å²) < 4.78 is 0. The van der Waals surface area contributed by atoms with Crippen LogP contribution in [0.1, 0.15) is 36.5 Å². The van der Waals surface area contributed by atoms with Gasteiger partial charge in [0.1, 0.15) is 0 Å². The first-order chi connectivity index (χ1) is 9.19. The maximum Gasteiger partial charge on any atom is 0.253 e. The molecular formula is C15H19N3O. The van der Waals surface area contributed by atoms with Gasteiger partial charge in [0.15, 0.2) is 0 Å². The van der Waals surface area contributed by atoms with Crippen LogP contribution >= 0.6 is 0 Å². The van der Waals surface area contributed by atoms with E-state index >= 15 is 0 Å². The minimum Gasteiger partial charge on any atom is -0.399 e. The van der Waals surface area contributed by atoms with Crippen LogP contribution < -0.4 is 11.1 Å². The smallest absolute Gasteiger partial charge is 0.253 e. The van der Waals surface area contributed by atoms with Crippen LogP contribution in [0.2, 0.25) is 0 Å². The molecule has 0 saturated heterocycles. The summed E-state index contributed by atoms with van der Waals surface area (Å²) in [5.74, 6) is 0.689. The highest BCUT2D eigenvalue weighted by molar-refractivity contribution is 6.07. The lowest BCUT2D eigenvalue weighted by atomic mass is 10.1. The van der Waals surface area contributed by atoms with Crippen molar-refractivity contribution in [1.29, 1.82) is 0 Å². The van der Waals surface area contributed by atoms with E-state index in [9.17, 15) is 4.79 Å². The zero-order valence-corrected chi connectivity index (χ0v) is 11.1. The van der Waals surface area contributed by atoms with Crippen molar-refractivity contribution in [2.45, 2.75) is 32.2 Å². The van der Waals surface area contributed by atoms with Gasteiger partial charge in [-0.1, -0.05) is 13.3 Å². The lowest BCUT2D eigenvalue weighted by Gasteiger charge is -2.03. The summed E-state index contributed by atoms with van der Waals surface area (Å²) in [6.45, 7) is 2.18. The van der Waals surface area contributed by atoms with E-state index in [0.29, 0.717) is 23.2 Å². The molecule has 1 aromatic heterocycles. The number of carbonyl (C=O) groups excluding carboxylic acids is 1. The molecule has 2 unspecified atom stereocenters. The number of fused-ring (bicyclic) bond motifs is 1. The molecule has 2 atom stereocenters. The van der Waals surface area contributed by atoms with Gasteiger partial charge < -0.3 is 16.0 Å². The Morgan fingerprint density at radius 2 is 2.37 bits per heavy atom. The standard InChI is InChI=1S/C15H19N3O/c1-2-3-9-6-13(9)18-15(19)12-8-17-14-7-10(16)4-5-11(12)14/h4-5,7-9,13,17H,2-3,6,16H2,1H3,(H,18,19). The number of aromatic nitrogens is 1. The molecule has 4 N–H and O–H groups in total. The molecule has 1 saturated carbocycles. The van der Waals surface area contributed by atoms with Crippen LogP contribution in [0.15, 0.2) is 24.4 Å². The number of hydrogen-bond donors (Lipinski definition) is 3. The van der Waals surface area contributed by atoms with Crippen LogP contribution in [0.5, 0.6) is 0 Å². The van der Waals surface area contributed by atoms with Crippen LogP contribution in [0.3, 0.4) is 0 Å². The summed E-state index contributed by atoms with van der Waals surface area (Å²) in [4.78, 5) is 15.3. The Bertz CT molecular complexity index is 617. The summed E-state index contributed by atoms with van der Waals surface area (Å²) in [6, 6.07) is 5.94. The summed E-state index contributed by atoms with van der Waals surface area (Å²) in [7, 11) is 0. The molecule has 1 amide bonds. The quantitative estimate of drug-likeness (QED) is 0.737. The highest BCUT2D eigenvalue weighted by Crippen LogP contribution is 2.35. The highest BCUT2D eigenvalue weighted by atomic mass is 16.1. The fourth-order valence-corrected chi connectivity index (χ4v) is 2.69. The monoisotopic (exact) mass is 257 g/mol. The molecule has 0 aliphatic heterocycles. The van der Waals surface area contributed by atoms with Crippen molar-refractivity contribution in [2.75, 3.05) is 5.73 Å². The molecule has 1 heterocycles. The lowest BCUT2D eigenvalue weighted by Crippen LogP contribution is -2.26. The predicted octanol–water partition coefficient (Wildman–Crippen LogP) is 2.67. The van der Waals surface area contributed by atoms with E-state index in [1.54, 1.807) is 6.20 Å². The molecule has 0 bridgehead atoms. The second-order valence-corrected chi connectivity index (χ2v) is 5.37. The number of carbonyl (C=O) groups is 1. The molecule has 1 aliphatic rings. The number of nitrogens with one attached hydrogen (secondary N) is 2. The average molecular weight is 257 g/mol. The number of nitrogen functional groups attached to an aromatic ring is 1. The van der Waals surface area contributed by atoms with Crippen LogP contribution in [-0.2, 0) is 0 Å². The van der Waals surface area contributed by atoms with Crippen LogP contribution in [0.25, 0.3) is 10.9 Å². The predicted molar refractivity (Wildman–Crippen MR) is 77.0 cm³/mol. The molecular weight excluding hydrogens is 238 g/mol. The van der Waals surface area contributed by atoms with Crippen molar-refractivity contribution in [1.82, 2.24) is 10.3 Å². The first-order valence-electron chi connectivity index (χ1n) is 6.86. The van der Waals surface area contributed by atoms with E-state index in [1.807, 2.05) is 18.2 Å². The average Bonchev–Trinajstić information content (AvgIpc) is 2.97. The van der Waals surface area contributed by atoms with E-state index in [1.165, 1.54) is 12.8 Å². The maximum absolute atomic E-state index is 12.2. The Morgan fingerprint density at radius 3 is 3.16 bits per heavy atom. The van der Waals surface area contributed by atoms with Crippen LogP contribution in [0.4, 0.5) is 5.69 Å². The number of rotatable bonds is 4. The lowest BCUT2D eigenvalue weighted by molar-refractivity contribution is 0.0950. The van der Waals surface area contributed by atoms with Crippen molar-refractivity contribution in [3.8, 4) is 0 Å². The van der Waals surface area contributed by atoms with Gasteiger partial charge in [0.2, 0.25) is 0 Å². The minimum absolute atomic E-state index is 0.0135. The fraction of sp³-hybridized carbons (Fsp3) is 0.400. The molecule has 1 aliphatic carbocycles. The molecule has 1 fully saturated rings. The van der Waals surface area contributed by atoms with Gasteiger partial charge in [0.25, 0.3) is 5.91 Å². The SMILES string of the molecule is CCCC1CC1NC(=O)c1c[nH]c2cc(N)ccc12. The molecule has 3 rings (SSSR count). The highest BCUT2D eigenvalue weighted by Gasteiger charge is 2.37. The van der Waals surface area contributed by atoms with Gasteiger partial charge in [-0.25, -0.2) is 0 Å². The Labute approximate surface area is 112 Å². The Morgan fingerprint density at radius 1 is 1.53 bits per heavy atom. The number of anilines is 1.